The van der Waals surface area contributed by atoms with E-state index >= 15 is 0 Å². The summed E-state index contributed by atoms with van der Waals surface area (Å²) in [7, 11) is -68.1. The molecule has 118 heavy (non-hydrogen) atoms. The Morgan fingerprint density at radius 2 is 0.788 bits per heavy atom. The molecule has 0 amide bonds. The van der Waals surface area contributed by atoms with Crippen molar-refractivity contribution in [1.29, 1.82) is 0 Å². The predicted octanol–water partition coefficient (Wildman–Crippen LogP) is -11.8. The number of aromatic amines is 2. The summed E-state index contributed by atoms with van der Waals surface area (Å²) in [6.45, 7) is -0.824. The number of anilines is 3. The molecule has 668 valence electrons. The van der Waals surface area contributed by atoms with Crippen LogP contribution >= 0.6 is 92.5 Å². The van der Waals surface area contributed by atoms with Crippen LogP contribution in [0.2, 0.25) is 0 Å². The third kappa shape index (κ3) is 31.4. The van der Waals surface area contributed by atoms with Gasteiger partial charge in [-0.25, -0.2) is 46.8 Å². The van der Waals surface area contributed by atoms with Crippen LogP contribution in [-0.4, -0.2) is 204 Å². The smallest absolute Gasteiger partial charge is 0.351 e. The number of rotatable bonds is 32. The molecular weight excluding hydrogens is 1860 g/mol. The van der Waals surface area contributed by atoms with Crippen LogP contribution in [0.15, 0.2) is 56.6 Å². The minimum absolute atomic E-state index is 0.00700. The number of aromatic nitrogens is 12. The Kier molecular flexibility index (Phi) is 33.3. The first-order valence-electron chi connectivity index (χ1n) is 29.5. The highest BCUT2D eigenvalue weighted by atomic mass is 31.3. The zero-order chi connectivity index (χ0) is 89.0. The zero-order valence-corrected chi connectivity index (χ0v) is 66.3. The topological polar surface area (TPSA) is 974 Å². The van der Waals surface area contributed by atoms with Crippen molar-refractivity contribution in [3.63, 3.8) is 0 Å². The van der Waals surface area contributed by atoms with Gasteiger partial charge in [0.1, 0.15) is 67.0 Å². The van der Waals surface area contributed by atoms with E-state index < -0.39 is 245 Å². The van der Waals surface area contributed by atoms with Gasteiger partial charge in [-0.05, 0) is 13.0 Å². The Balaban J connectivity index is 0.000000217. The minimum Gasteiger partial charge on any atom is -0.756 e. The number of aliphatic hydroxyl groups is 4. The molecular formula is C39H65B4N15O48P12-12. The lowest BCUT2D eigenvalue weighted by molar-refractivity contribution is -0.239. The number of ether oxygens (including phenoxy) is 4. The molecule has 79 heteroatoms. The van der Waals surface area contributed by atoms with E-state index in [-0.39, 0.29) is 60.0 Å². The van der Waals surface area contributed by atoms with Gasteiger partial charge in [0.15, 0.2) is 52.5 Å². The van der Waals surface area contributed by atoms with Crippen LogP contribution in [0.25, 0.3) is 22.3 Å². The van der Waals surface area contributed by atoms with E-state index in [1.54, 1.807) is 0 Å². The average molecular weight is 1930 g/mol. The molecule has 16 unspecified atom stereocenters. The van der Waals surface area contributed by atoms with Crippen LogP contribution in [0.4, 0.5) is 17.6 Å². The quantitative estimate of drug-likeness (QED) is 0.0138. The van der Waals surface area contributed by atoms with E-state index in [4.69, 9.17) is 73.8 Å². The summed E-state index contributed by atoms with van der Waals surface area (Å²) in [6.07, 6.45) is -6.10. The first-order valence-corrected chi connectivity index (χ1v) is 45.7. The second-order valence-corrected chi connectivity index (χ2v) is 37.4. The first-order chi connectivity index (χ1) is 53.7. The molecule has 63 nitrogen and oxygen atoms in total. The number of nitrogens with one attached hydrogen (secondary N) is 2. The molecule has 0 saturated carbocycles. The molecule has 4 saturated heterocycles. The minimum atomic E-state index is -5.70. The fourth-order valence-corrected chi connectivity index (χ4v) is 19.4. The fraction of sp³-hybridized carbons (Fsp3) is 0.538. The Labute approximate surface area is 658 Å². The van der Waals surface area contributed by atoms with Crippen molar-refractivity contribution in [2.75, 3.05) is 43.6 Å². The third-order valence-corrected chi connectivity index (χ3v) is 27.0. The molecule has 0 aromatic carbocycles. The molecule has 24 atom stereocenters. The van der Waals surface area contributed by atoms with Crippen molar-refractivity contribution < 1.29 is 205 Å². The number of hydrogen-bond donors (Lipinski definition) is 13. The van der Waals surface area contributed by atoms with Crippen LogP contribution in [-0.2, 0) is 126 Å². The summed E-state index contributed by atoms with van der Waals surface area (Å²) >= 11 is 0. The Morgan fingerprint density at radius 1 is 0.458 bits per heavy atom. The second kappa shape index (κ2) is 39.0. The van der Waals surface area contributed by atoms with E-state index in [0.717, 1.165) is 9.13 Å². The van der Waals surface area contributed by atoms with Gasteiger partial charge in [-0.2, -0.15) is 9.97 Å². The molecule has 0 radical (unpaired) electrons. The van der Waals surface area contributed by atoms with E-state index in [9.17, 15) is 134 Å². The molecule has 16 N–H and O–H groups in total. The maximum atomic E-state index is 12.3. The molecule has 6 aromatic rings. The summed E-state index contributed by atoms with van der Waals surface area (Å²) in [5, 5.41) is 40.5. The molecule has 0 spiro atoms. The van der Waals surface area contributed by atoms with Gasteiger partial charge in [0, 0.05) is 43.6 Å². The normalized spacial score (nSPS) is 28.2. The maximum absolute atomic E-state index is 12.3. The SMILES string of the molecule is [BH3-]P(=O)(OC[C@H]1O[C@@H](n2cc(C)c(=O)[nH]c2=O)CC1O)OP(=O)([O-])OP(=O)([O-])O.[BH3-]P(=O)(OC[C@H]1O[C@@H](n2ccc(N)nc2=O)CC1O)OP(=O)([O-])OP(=O)([O-])O.[BH3-]P(=O)(OC[C@H]1O[C@@H](n2cnc3c(=O)[nH]c(N)nc32)CC1O)OP(=O)([O-])OP(=O)([O-])O.[BH3-]P(=O)(OC[C@H]1O[C@@H](n2cnc3c(N)ncnc32)CC1O)OP(=O)([O-])OP(=O)([O-])O. The standard InChI is InChI=1S/C10H18BN5O12P3.C10H18BN5O11P3.C10H19BN2O13P3.C9H18BN3O12P3/c11-29(19,27-31(23,24)28-30(20,21)22)25-2-5-4(17)1-6(26-5)16-3-13-7-8(16)14-10(12)15-9(7)18;11-28(18,26-30(22,23)27-29(19,20)21)24-2-6-5(17)1-7(25-6)16-4-15-8-9(12)13-3-14-10(8)16;1-5-3-13(10(16)12-9(5)15)8-2-6(14)7(24-8)4-23-27(11,17)25-29(21,22)26-28(18,19)20;10-26(16,24-28(20,21)25-27(17,18)19)22-4-6-5(14)3-8(23-6)13-2-1-7(11)12-9(13)15/h3-6,17H,1-2H2,11H3,(H,23,24)(H2,20,21,22)(H3,12,14,15,18);3-7,17H,1-2H2,11H3,(H,22,23)(H2,12,13,14)(H2,19,20,21);3,6-8,14H,2,4H2,1,11H3,(H,21,22)(H,12,15,16)(H2,18,19,20);1-2,5-6,8,14H,3-4H2,10H3,(H,20,21)(H2,11,12,15)(H2,17,18,19)/q4*-1/p-8/t4?,5-,6-,29?;5?,6-,7-,28?;6?,7-,8-,27?;5?,6-,8-,26?/m1111/s1. The third-order valence-electron chi connectivity index (χ3n) is 13.7. The van der Waals surface area contributed by atoms with Crippen molar-refractivity contribution in [1.82, 2.24) is 58.1 Å². The number of fused-ring (bicyclic) bond motifs is 2. The Morgan fingerprint density at radius 3 is 1.14 bits per heavy atom. The van der Waals surface area contributed by atoms with E-state index in [1.165, 1.54) is 53.5 Å². The number of nitrogens with zero attached hydrogens (tertiary/aromatic N) is 10. The van der Waals surface area contributed by atoms with Gasteiger partial charge in [-0.3, -0.25) is 91.6 Å². The lowest BCUT2D eigenvalue weighted by Crippen LogP contribution is -2.33. The molecule has 10 heterocycles. The molecule has 10 rings (SSSR count). The van der Waals surface area contributed by atoms with Crippen LogP contribution in [0.3, 0.4) is 0 Å². The van der Waals surface area contributed by atoms with Crippen molar-refractivity contribution in [3.8, 4) is 0 Å². The Bertz CT molecular complexity index is 5510. The molecule has 4 aliphatic rings. The summed E-state index contributed by atoms with van der Waals surface area (Å²) in [5.74, 6) is -0.0113. The molecule has 0 bridgehead atoms. The summed E-state index contributed by atoms with van der Waals surface area (Å²) in [5.41, 5.74) is 15.0. The highest BCUT2D eigenvalue weighted by Crippen LogP contribution is 2.66. The number of aryl methyl sites for hydroxylation is 1. The first kappa shape index (κ1) is 101. The van der Waals surface area contributed by atoms with Crippen LogP contribution in [0, 0.1) is 6.92 Å². The van der Waals surface area contributed by atoms with E-state index in [0.29, 0.717) is 11.2 Å². The number of H-pyrrole nitrogens is 2. The number of phosphoric acid groups is 8. The van der Waals surface area contributed by atoms with Crippen molar-refractivity contribution in [3.05, 3.63) is 84.7 Å². The highest BCUT2D eigenvalue weighted by Gasteiger charge is 2.42. The predicted molar refractivity (Wildman–Crippen MR) is 382 cm³/mol. The van der Waals surface area contributed by atoms with E-state index in [1.807, 2.05) is 0 Å². The number of hydrogen-bond acceptors (Lipinski definition) is 53. The van der Waals surface area contributed by atoms with Gasteiger partial charge in [-0.1, -0.05) is 0 Å². The zero-order valence-electron chi connectivity index (χ0n) is 55.5. The van der Waals surface area contributed by atoms with Crippen LogP contribution < -0.4 is 78.8 Å². The number of aliphatic hydroxyl groups excluding tert-OH is 4. The van der Waals surface area contributed by atoms with Gasteiger partial charge >= 0.3 is 11.4 Å². The van der Waals surface area contributed by atoms with Gasteiger partial charge in [0.2, 0.25) is 5.95 Å². The Hall–Kier alpha value is -4.40. The van der Waals surface area contributed by atoms with Crippen molar-refractivity contribution in [2.45, 2.75) is 106 Å². The van der Waals surface area contributed by atoms with Gasteiger partial charge in [0.05, 0.1) is 93.8 Å². The summed E-state index contributed by atoms with van der Waals surface area (Å²) in [6, 6.07) is 1.34. The monoisotopic (exact) mass is 1930 g/mol. The number of nitrogen functional groups attached to an aromatic ring is 3. The fourth-order valence-electron chi connectivity index (χ4n) is 9.35. The maximum Gasteiger partial charge on any atom is 0.351 e. The second-order valence-electron chi connectivity index (χ2n) is 22.0. The van der Waals surface area contributed by atoms with Gasteiger partial charge in [-0.15, -0.1) is 0 Å². The average Bonchev–Trinajstić information content (AvgIpc) is 1.64. The molecule has 4 fully saturated rings. The molecule has 6 aromatic heterocycles. The lowest BCUT2D eigenvalue weighted by atomic mass is 10.2. The van der Waals surface area contributed by atoms with E-state index in [2.05, 4.69) is 74.4 Å². The number of imidazole rings is 2. The van der Waals surface area contributed by atoms with Crippen LogP contribution in [0.1, 0.15) is 56.2 Å². The van der Waals surface area contributed by atoms with Crippen molar-refractivity contribution in [2.24, 2.45) is 0 Å². The number of nitrogens with two attached hydrogens (primary N) is 3. The summed E-state index contributed by atoms with van der Waals surface area (Å²) < 4.78 is 213. The van der Waals surface area contributed by atoms with Crippen LogP contribution in [0.5, 0.6) is 0 Å². The largest absolute Gasteiger partial charge is 0.756 e. The molecule has 4 aliphatic heterocycles. The summed E-state index contributed by atoms with van der Waals surface area (Å²) in [4.78, 5) is 196. The lowest BCUT2D eigenvalue weighted by Gasteiger charge is -2.32. The molecule has 0 aliphatic carbocycles. The van der Waals surface area contributed by atoms with Crippen molar-refractivity contribution >= 4 is 163 Å². The van der Waals surface area contributed by atoms with Gasteiger partial charge in [0.25, 0.3) is 73.7 Å². The highest BCUT2D eigenvalue weighted by molar-refractivity contribution is 7.85. The van der Waals surface area contributed by atoms with Gasteiger partial charge < -0.3 is 152 Å².